The van der Waals surface area contributed by atoms with E-state index in [-0.39, 0.29) is 0 Å². The number of benzene rings is 2. The van der Waals surface area contributed by atoms with Gasteiger partial charge in [-0.2, -0.15) is 0 Å². The fourth-order valence-corrected chi connectivity index (χ4v) is 3.35. The Hall–Kier alpha value is -2.48. The number of ether oxygens (including phenoxy) is 1. The minimum absolute atomic E-state index is 0.873. The van der Waals surface area contributed by atoms with E-state index in [4.69, 9.17) is 4.74 Å². The van der Waals surface area contributed by atoms with E-state index >= 15 is 0 Å². The summed E-state index contributed by atoms with van der Waals surface area (Å²) in [4.78, 5) is 2.47. The van der Waals surface area contributed by atoms with Crippen molar-refractivity contribution >= 4 is 11.3 Å². The molecule has 1 heterocycles. The van der Waals surface area contributed by atoms with Crippen LogP contribution in [0.2, 0.25) is 0 Å². The number of methoxy groups -OCH3 is 1. The molecule has 1 fully saturated rings. The average Bonchev–Trinajstić information content (AvgIpc) is 3.15. The molecule has 1 saturated heterocycles. The second-order valence-corrected chi connectivity index (χ2v) is 6.24. The van der Waals surface area contributed by atoms with Crippen LogP contribution in [0, 0.1) is 6.92 Å². The van der Waals surface area contributed by atoms with Crippen molar-refractivity contribution in [3.05, 3.63) is 77.9 Å². The summed E-state index contributed by atoms with van der Waals surface area (Å²) < 4.78 is 5.27. The summed E-state index contributed by atoms with van der Waals surface area (Å²) in [6, 6.07) is 15.0. The third-order valence-corrected chi connectivity index (χ3v) is 4.66. The molecule has 2 heteroatoms. The number of hydrogen-bond acceptors (Lipinski definition) is 2. The normalized spacial score (nSPS) is 14.8. The van der Waals surface area contributed by atoms with E-state index in [1.54, 1.807) is 7.11 Å². The Bertz CT molecular complexity index is 737. The Labute approximate surface area is 145 Å². The molecule has 0 saturated carbocycles. The summed E-state index contributed by atoms with van der Waals surface area (Å²) in [6.07, 6.45) is 6.54. The monoisotopic (exact) mass is 319 g/mol. The van der Waals surface area contributed by atoms with Crippen LogP contribution >= 0.6 is 0 Å². The van der Waals surface area contributed by atoms with E-state index < -0.39 is 0 Å². The van der Waals surface area contributed by atoms with Crippen LogP contribution in [0.15, 0.2) is 61.2 Å². The first kappa shape index (κ1) is 16.4. The third-order valence-electron chi connectivity index (χ3n) is 4.66. The molecule has 2 nitrogen and oxygen atoms in total. The predicted octanol–water partition coefficient (Wildman–Crippen LogP) is 5.22. The topological polar surface area (TPSA) is 12.5 Å². The van der Waals surface area contributed by atoms with Crippen LogP contribution < -0.4 is 9.64 Å². The Kier molecular flexibility index (Phi) is 5.05. The Balaban J connectivity index is 1.96. The SMILES string of the molecule is C=CC=C(c1ccc(OC)cc1)c1ccc(N2CCCC2)cc1C. The number of nitrogens with zero attached hydrogens (tertiary/aromatic N) is 1. The minimum atomic E-state index is 0.873. The lowest BCUT2D eigenvalue weighted by molar-refractivity contribution is 0.415. The van der Waals surface area contributed by atoms with Gasteiger partial charge in [-0.15, -0.1) is 0 Å². The van der Waals surface area contributed by atoms with Crippen LogP contribution in [0.25, 0.3) is 5.57 Å². The Morgan fingerprint density at radius 2 is 1.79 bits per heavy atom. The fourth-order valence-electron chi connectivity index (χ4n) is 3.35. The van der Waals surface area contributed by atoms with Crippen molar-refractivity contribution in [1.29, 1.82) is 0 Å². The third kappa shape index (κ3) is 3.38. The molecule has 1 aliphatic heterocycles. The van der Waals surface area contributed by atoms with Gasteiger partial charge in [0.15, 0.2) is 0 Å². The Morgan fingerprint density at radius 3 is 2.38 bits per heavy atom. The summed E-state index contributed by atoms with van der Waals surface area (Å²) in [5.74, 6) is 0.873. The minimum Gasteiger partial charge on any atom is -0.497 e. The molecule has 0 aromatic heterocycles. The van der Waals surface area contributed by atoms with Crippen LogP contribution in [-0.2, 0) is 0 Å². The van der Waals surface area contributed by atoms with Gasteiger partial charge >= 0.3 is 0 Å². The zero-order valence-corrected chi connectivity index (χ0v) is 14.6. The molecular formula is C22H25NO. The quantitative estimate of drug-likeness (QED) is 0.700. The summed E-state index contributed by atoms with van der Waals surface area (Å²) in [5.41, 5.74) is 6.25. The smallest absolute Gasteiger partial charge is 0.118 e. The van der Waals surface area contributed by atoms with Crippen molar-refractivity contribution < 1.29 is 4.74 Å². The average molecular weight is 319 g/mol. The summed E-state index contributed by atoms with van der Waals surface area (Å²) in [6.45, 7) is 8.42. The van der Waals surface area contributed by atoms with E-state index in [0.29, 0.717) is 0 Å². The molecule has 2 aromatic carbocycles. The number of rotatable bonds is 5. The largest absolute Gasteiger partial charge is 0.497 e. The molecule has 24 heavy (non-hydrogen) atoms. The second kappa shape index (κ2) is 7.39. The van der Waals surface area contributed by atoms with E-state index in [0.717, 1.165) is 5.75 Å². The highest BCUT2D eigenvalue weighted by Gasteiger charge is 2.14. The summed E-state index contributed by atoms with van der Waals surface area (Å²) in [7, 11) is 1.69. The molecule has 0 N–H and O–H groups in total. The standard InChI is InChI=1S/C22H25NO/c1-4-7-22(18-8-11-20(24-3)12-9-18)21-13-10-19(16-17(21)2)23-14-5-6-15-23/h4,7-13,16H,1,5-6,14-15H2,2-3H3. The van der Waals surface area contributed by atoms with E-state index in [1.165, 1.54) is 53.9 Å². The van der Waals surface area contributed by atoms with Gasteiger partial charge in [-0.3, -0.25) is 0 Å². The van der Waals surface area contributed by atoms with E-state index in [2.05, 4.69) is 54.8 Å². The maximum atomic E-state index is 5.27. The molecule has 0 bridgehead atoms. The van der Waals surface area contributed by atoms with E-state index in [1.807, 2.05) is 18.2 Å². The van der Waals surface area contributed by atoms with Crippen molar-refractivity contribution in [3.63, 3.8) is 0 Å². The van der Waals surface area contributed by atoms with E-state index in [9.17, 15) is 0 Å². The van der Waals surface area contributed by atoms with Gasteiger partial charge in [-0.25, -0.2) is 0 Å². The first-order valence-electron chi connectivity index (χ1n) is 8.56. The van der Waals surface area contributed by atoms with Gasteiger partial charge in [-0.1, -0.05) is 36.9 Å². The van der Waals surface area contributed by atoms with Crippen LogP contribution in [-0.4, -0.2) is 20.2 Å². The van der Waals surface area contributed by atoms with Crippen LogP contribution in [0.5, 0.6) is 5.75 Å². The lowest BCUT2D eigenvalue weighted by Crippen LogP contribution is -2.17. The number of allylic oxidation sites excluding steroid dienone is 2. The molecule has 0 aliphatic carbocycles. The molecule has 124 valence electrons. The zero-order chi connectivity index (χ0) is 16.9. The van der Waals surface area contributed by atoms with Gasteiger partial charge in [0.2, 0.25) is 0 Å². The van der Waals surface area contributed by atoms with Crippen LogP contribution in [0.1, 0.15) is 29.5 Å². The summed E-state index contributed by atoms with van der Waals surface area (Å²) in [5, 5.41) is 0. The van der Waals surface area contributed by atoms with Crippen molar-refractivity contribution in [2.75, 3.05) is 25.1 Å². The molecular weight excluding hydrogens is 294 g/mol. The highest BCUT2D eigenvalue weighted by atomic mass is 16.5. The van der Waals surface area contributed by atoms with Crippen LogP contribution in [0.3, 0.4) is 0 Å². The van der Waals surface area contributed by atoms with Crippen molar-refractivity contribution in [2.45, 2.75) is 19.8 Å². The molecule has 0 spiro atoms. The molecule has 0 atom stereocenters. The van der Waals surface area contributed by atoms with Gasteiger partial charge in [0.05, 0.1) is 7.11 Å². The second-order valence-electron chi connectivity index (χ2n) is 6.24. The van der Waals surface area contributed by atoms with Gasteiger partial charge in [0, 0.05) is 18.8 Å². The lowest BCUT2D eigenvalue weighted by Gasteiger charge is -2.20. The molecule has 0 amide bonds. The predicted molar refractivity (Wildman–Crippen MR) is 103 cm³/mol. The molecule has 0 radical (unpaired) electrons. The highest BCUT2D eigenvalue weighted by Crippen LogP contribution is 2.31. The van der Waals surface area contributed by atoms with Gasteiger partial charge in [0.25, 0.3) is 0 Å². The maximum Gasteiger partial charge on any atom is 0.118 e. The van der Waals surface area contributed by atoms with Crippen molar-refractivity contribution in [3.8, 4) is 5.75 Å². The Morgan fingerprint density at radius 1 is 1.08 bits per heavy atom. The molecule has 1 aliphatic rings. The van der Waals surface area contributed by atoms with Gasteiger partial charge < -0.3 is 9.64 Å². The van der Waals surface area contributed by atoms with Gasteiger partial charge in [0.1, 0.15) is 5.75 Å². The van der Waals surface area contributed by atoms with Gasteiger partial charge in [-0.05, 0) is 66.3 Å². The maximum absolute atomic E-state index is 5.27. The number of hydrogen-bond donors (Lipinski definition) is 0. The summed E-state index contributed by atoms with van der Waals surface area (Å²) >= 11 is 0. The molecule has 3 rings (SSSR count). The van der Waals surface area contributed by atoms with Crippen LogP contribution in [0.4, 0.5) is 5.69 Å². The zero-order valence-electron chi connectivity index (χ0n) is 14.6. The fraction of sp³-hybridized carbons (Fsp3) is 0.273. The first-order chi connectivity index (χ1) is 11.7. The number of aryl methyl sites for hydroxylation is 1. The number of anilines is 1. The van der Waals surface area contributed by atoms with Crippen molar-refractivity contribution in [2.24, 2.45) is 0 Å². The highest BCUT2D eigenvalue weighted by molar-refractivity contribution is 5.83. The first-order valence-corrected chi connectivity index (χ1v) is 8.56. The van der Waals surface area contributed by atoms with Crippen molar-refractivity contribution in [1.82, 2.24) is 0 Å². The molecule has 2 aromatic rings. The molecule has 0 unspecified atom stereocenters. The lowest BCUT2D eigenvalue weighted by atomic mass is 9.93.